The summed E-state index contributed by atoms with van der Waals surface area (Å²) in [6.45, 7) is 5.38. The maximum atomic E-state index is 6.63. The molecule has 2 rings (SSSR count). The van der Waals surface area contributed by atoms with Gasteiger partial charge in [0.1, 0.15) is 0 Å². The molecule has 1 N–H and O–H groups in total. The van der Waals surface area contributed by atoms with Crippen LogP contribution in [0, 0.1) is 0 Å². The van der Waals surface area contributed by atoms with Crippen molar-refractivity contribution >= 4 is 11.6 Å². The molecule has 0 saturated carbocycles. The third-order valence-electron chi connectivity index (χ3n) is 3.96. The fourth-order valence-electron chi connectivity index (χ4n) is 2.85. The first-order valence-electron chi connectivity index (χ1n) is 7.25. The fourth-order valence-corrected chi connectivity index (χ4v) is 3.28. The summed E-state index contributed by atoms with van der Waals surface area (Å²) in [5, 5.41) is 4.34. The lowest BCUT2D eigenvalue weighted by Gasteiger charge is -2.21. The molecule has 1 aliphatic rings. The second-order valence-electron chi connectivity index (χ2n) is 5.65. The van der Waals surface area contributed by atoms with Crippen LogP contribution in [-0.2, 0) is 6.42 Å². The molecule has 112 valence electrons. The van der Waals surface area contributed by atoms with Crippen LogP contribution in [0.1, 0.15) is 43.7 Å². The van der Waals surface area contributed by atoms with Gasteiger partial charge in [0.15, 0.2) is 11.5 Å². The fraction of sp³-hybridized carbons (Fsp3) is 0.625. The van der Waals surface area contributed by atoms with E-state index in [1.165, 1.54) is 12.8 Å². The number of hydrogen-bond donors (Lipinski definition) is 1. The van der Waals surface area contributed by atoms with E-state index in [2.05, 4.69) is 19.2 Å². The van der Waals surface area contributed by atoms with Gasteiger partial charge in [-0.3, -0.25) is 0 Å². The van der Waals surface area contributed by atoms with E-state index in [1.54, 1.807) is 14.2 Å². The molecule has 1 fully saturated rings. The molecule has 1 aromatic rings. The van der Waals surface area contributed by atoms with Gasteiger partial charge >= 0.3 is 0 Å². The Morgan fingerprint density at radius 3 is 2.60 bits per heavy atom. The van der Waals surface area contributed by atoms with Gasteiger partial charge in [-0.25, -0.2) is 0 Å². The van der Waals surface area contributed by atoms with E-state index in [0.29, 0.717) is 12.0 Å². The topological polar surface area (TPSA) is 30.5 Å². The second kappa shape index (κ2) is 6.68. The van der Waals surface area contributed by atoms with Crippen LogP contribution in [0.3, 0.4) is 0 Å². The second-order valence-corrected chi connectivity index (χ2v) is 6.02. The summed E-state index contributed by atoms with van der Waals surface area (Å²) in [6.07, 6.45) is 3.30. The highest BCUT2D eigenvalue weighted by atomic mass is 35.5. The number of benzene rings is 1. The molecule has 4 heteroatoms. The molecule has 0 radical (unpaired) electrons. The summed E-state index contributed by atoms with van der Waals surface area (Å²) in [7, 11) is 3.35. The van der Waals surface area contributed by atoms with Crippen molar-refractivity contribution in [3.05, 3.63) is 22.2 Å². The maximum absolute atomic E-state index is 6.63. The van der Waals surface area contributed by atoms with E-state index in [0.717, 1.165) is 40.6 Å². The zero-order valence-electron chi connectivity index (χ0n) is 12.8. The Morgan fingerprint density at radius 2 is 2.10 bits per heavy atom. The predicted octanol–water partition coefficient (Wildman–Crippen LogP) is 3.78. The highest BCUT2D eigenvalue weighted by Gasteiger charge is 2.24. The van der Waals surface area contributed by atoms with Gasteiger partial charge in [-0.15, -0.1) is 0 Å². The summed E-state index contributed by atoms with van der Waals surface area (Å²) < 4.78 is 11.0. The van der Waals surface area contributed by atoms with E-state index in [4.69, 9.17) is 21.1 Å². The van der Waals surface area contributed by atoms with Gasteiger partial charge in [-0.05, 0) is 43.4 Å². The zero-order valence-corrected chi connectivity index (χ0v) is 13.5. The van der Waals surface area contributed by atoms with Gasteiger partial charge in [0.25, 0.3) is 0 Å². The smallest absolute Gasteiger partial charge is 0.165 e. The zero-order chi connectivity index (χ0) is 14.7. The molecular weight excluding hydrogens is 274 g/mol. The summed E-state index contributed by atoms with van der Waals surface area (Å²) in [5.74, 6) is 1.90. The summed E-state index contributed by atoms with van der Waals surface area (Å²) in [5.41, 5.74) is 2.19. The Kier molecular flexibility index (Phi) is 5.17. The maximum Gasteiger partial charge on any atom is 0.165 e. The molecular formula is C16H24ClNO2. The van der Waals surface area contributed by atoms with E-state index in [9.17, 15) is 0 Å². The van der Waals surface area contributed by atoms with Gasteiger partial charge in [-0.2, -0.15) is 0 Å². The van der Waals surface area contributed by atoms with Crippen LogP contribution in [0.2, 0.25) is 5.02 Å². The van der Waals surface area contributed by atoms with Crippen molar-refractivity contribution in [1.82, 2.24) is 5.32 Å². The average Bonchev–Trinajstić information content (AvgIpc) is 2.93. The lowest BCUT2D eigenvalue weighted by Crippen LogP contribution is -2.24. The highest BCUT2D eigenvalue weighted by Crippen LogP contribution is 2.42. The standard InChI is InChI=1S/C16H24ClNO2/c1-10(2)12-9-14(19-3)16(20-4)13(15(12)17)8-11-6-5-7-18-11/h9-11,18H,5-8H2,1-4H3. The summed E-state index contributed by atoms with van der Waals surface area (Å²) >= 11 is 6.63. The van der Waals surface area contributed by atoms with Crippen LogP contribution >= 0.6 is 11.6 Å². The molecule has 1 aromatic carbocycles. The van der Waals surface area contributed by atoms with Gasteiger partial charge < -0.3 is 14.8 Å². The number of halogens is 1. The third kappa shape index (κ3) is 3.04. The predicted molar refractivity (Wildman–Crippen MR) is 83.4 cm³/mol. The van der Waals surface area contributed by atoms with Crippen LogP contribution in [-0.4, -0.2) is 26.8 Å². The molecule has 0 spiro atoms. The first kappa shape index (κ1) is 15.5. The molecule has 1 aliphatic heterocycles. The van der Waals surface area contributed by atoms with Crippen molar-refractivity contribution in [2.75, 3.05) is 20.8 Å². The van der Waals surface area contributed by atoms with Gasteiger partial charge in [0.05, 0.1) is 19.2 Å². The minimum absolute atomic E-state index is 0.359. The van der Waals surface area contributed by atoms with E-state index >= 15 is 0 Å². The Bertz CT molecular complexity index is 468. The molecule has 0 aromatic heterocycles. The first-order chi connectivity index (χ1) is 9.58. The molecule has 1 heterocycles. The van der Waals surface area contributed by atoms with E-state index in [1.807, 2.05) is 6.07 Å². The number of rotatable bonds is 5. The lowest BCUT2D eigenvalue weighted by atomic mass is 9.95. The molecule has 3 nitrogen and oxygen atoms in total. The molecule has 0 aliphatic carbocycles. The van der Waals surface area contributed by atoms with Crippen LogP contribution < -0.4 is 14.8 Å². The Balaban J connectivity index is 2.46. The van der Waals surface area contributed by atoms with Gasteiger partial charge in [0, 0.05) is 11.6 Å². The molecule has 1 unspecified atom stereocenters. The number of nitrogens with one attached hydrogen (secondary N) is 1. The van der Waals surface area contributed by atoms with Crippen molar-refractivity contribution in [1.29, 1.82) is 0 Å². The van der Waals surface area contributed by atoms with Crippen molar-refractivity contribution in [3.63, 3.8) is 0 Å². The van der Waals surface area contributed by atoms with Crippen molar-refractivity contribution in [2.24, 2.45) is 0 Å². The highest BCUT2D eigenvalue weighted by molar-refractivity contribution is 6.32. The molecule has 0 amide bonds. The van der Waals surface area contributed by atoms with Gasteiger partial charge in [-0.1, -0.05) is 25.4 Å². The van der Waals surface area contributed by atoms with Crippen LogP contribution in [0.15, 0.2) is 6.07 Å². The normalized spacial score (nSPS) is 18.6. The number of hydrogen-bond acceptors (Lipinski definition) is 3. The first-order valence-corrected chi connectivity index (χ1v) is 7.62. The SMILES string of the molecule is COc1cc(C(C)C)c(Cl)c(CC2CCCN2)c1OC. The number of methoxy groups -OCH3 is 2. The summed E-state index contributed by atoms with van der Waals surface area (Å²) in [4.78, 5) is 0. The lowest BCUT2D eigenvalue weighted by molar-refractivity contribution is 0.349. The summed E-state index contributed by atoms with van der Waals surface area (Å²) in [6, 6.07) is 2.48. The van der Waals surface area contributed by atoms with E-state index < -0.39 is 0 Å². The van der Waals surface area contributed by atoms with Crippen molar-refractivity contribution < 1.29 is 9.47 Å². The molecule has 1 atom stereocenters. The molecule has 20 heavy (non-hydrogen) atoms. The van der Waals surface area contributed by atoms with Crippen LogP contribution in [0.4, 0.5) is 0 Å². The van der Waals surface area contributed by atoms with E-state index in [-0.39, 0.29) is 0 Å². The van der Waals surface area contributed by atoms with Crippen LogP contribution in [0.25, 0.3) is 0 Å². The average molecular weight is 298 g/mol. The quantitative estimate of drug-likeness (QED) is 0.897. The largest absolute Gasteiger partial charge is 0.493 e. The minimum atomic E-state index is 0.359. The van der Waals surface area contributed by atoms with Crippen LogP contribution in [0.5, 0.6) is 11.5 Å². The minimum Gasteiger partial charge on any atom is -0.493 e. The molecule has 1 saturated heterocycles. The third-order valence-corrected chi connectivity index (χ3v) is 4.41. The Labute approximate surface area is 126 Å². The van der Waals surface area contributed by atoms with Gasteiger partial charge in [0.2, 0.25) is 0 Å². The Morgan fingerprint density at radius 1 is 1.35 bits per heavy atom. The van der Waals surface area contributed by atoms with Crippen molar-refractivity contribution in [2.45, 2.75) is 45.1 Å². The Hall–Kier alpha value is -0.930. The van der Waals surface area contributed by atoms with Crippen molar-refractivity contribution in [3.8, 4) is 11.5 Å². The number of ether oxygens (including phenoxy) is 2. The molecule has 0 bridgehead atoms. The monoisotopic (exact) mass is 297 g/mol.